The summed E-state index contributed by atoms with van der Waals surface area (Å²) in [6, 6.07) is 6.84. The van der Waals surface area contributed by atoms with Gasteiger partial charge >= 0.3 is 5.97 Å². The van der Waals surface area contributed by atoms with Gasteiger partial charge in [-0.25, -0.2) is 4.79 Å². The molecule has 0 saturated carbocycles. The van der Waals surface area contributed by atoms with Gasteiger partial charge in [-0.05, 0) is 30.5 Å². The topological polar surface area (TPSA) is 66.4 Å². The minimum absolute atomic E-state index is 0.326. The summed E-state index contributed by atoms with van der Waals surface area (Å²) in [5, 5.41) is 11.3. The number of aliphatic carboxylic acids is 1. The van der Waals surface area contributed by atoms with Crippen LogP contribution in [0.15, 0.2) is 28.7 Å². The lowest BCUT2D eigenvalue weighted by molar-refractivity contribution is -0.141. The molecule has 1 aromatic rings. The Morgan fingerprint density at radius 2 is 1.94 bits per heavy atom. The fourth-order valence-electron chi connectivity index (χ4n) is 1.46. The first-order valence-electron chi connectivity index (χ1n) is 5.23. The van der Waals surface area contributed by atoms with Gasteiger partial charge in [-0.1, -0.05) is 28.1 Å². The lowest BCUT2D eigenvalue weighted by Gasteiger charge is -2.12. The second-order valence-electron chi connectivity index (χ2n) is 3.76. The van der Waals surface area contributed by atoms with E-state index in [1.54, 1.807) is 0 Å². The SMILES string of the molecule is CC(=O)NC(CCc1ccc(Br)cc1)C(=O)O. The van der Waals surface area contributed by atoms with Crippen LogP contribution in [-0.2, 0) is 16.0 Å². The Labute approximate surface area is 108 Å². The molecule has 0 aliphatic heterocycles. The van der Waals surface area contributed by atoms with Gasteiger partial charge in [0.15, 0.2) is 0 Å². The molecule has 1 atom stereocenters. The molecule has 0 heterocycles. The van der Waals surface area contributed by atoms with Gasteiger partial charge in [0.25, 0.3) is 0 Å². The molecular formula is C12H14BrNO3. The zero-order valence-corrected chi connectivity index (χ0v) is 11.0. The number of amides is 1. The smallest absolute Gasteiger partial charge is 0.326 e. The average molecular weight is 300 g/mol. The maximum absolute atomic E-state index is 10.9. The van der Waals surface area contributed by atoms with Crippen LogP contribution >= 0.6 is 15.9 Å². The van der Waals surface area contributed by atoms with Gasteiger partial charge in [0, 0.05) is 11.4 Å². The summed E-state index contributed by atoms with van der Waals surface area (Å²) in [5.41, 5.74) is 1.05. The van der Waals surface area contributed by atoms with Gasteiger partial charge in [0.1, 0.15) is 6.04 Å². The van der Waals surface area contributed by atoms with E-state index in [9.17, 15) is 9.59 Å². The number of carboxylic acid groups (broad SMARTS) is 1. The van der Waals surface area contributed by atoms with Crippen LogP contribution in [0.4, 0.5) is 0 Å². The molecule has 17 heavy (non-hydrogen) atoms. The fraction of sp³-hybridized carbons (Fsp3) is 0.333. The van der Waals surface area contributed by atoms with Crippen LogP contribution in [0.3, 0.4) is 0 Å². The summed E-state index contributed by atoms with van der Waals surface area (Å²) in [5.74, 6) is -1.33. The predicted octanol–water partition coefficient (Wildman–Crippen LogP) is 1.97. The number of carbonyl (C=O) groups is 2. The van der Waals surface area contributed by atoms with E-state index >= 15 is 0 Å². The molecule has 0 saturated heterocycles. The molecule has 0 aromatic heterocycles. The number of rotatable bonds is 5. The van der Waals surface area contributed by atoms with Crippen molar-refractivity contribution in [2.45, 2.75) is 25.8 Å². The summed E-state index contributed by atoms with van der Waals surface area (Å²) < 4.78 is 0.984. The van der Waals surface area contributed by atoms with E-state index in [0.29, 0.717) is 12.8 Å². The second-order valence-corrected chi connectivity index (χ2v) is 4.67. The number of halogens is 1. The molecule has 0 fully saturated rings. The number of carboxylic acids is 1. The Hall–Kier alpha value is -1.36. The van der Waals surface area contributed by atoms with Gasteiger partial charge in [-0.3, -0.25) is 4.79 Å². The first-order valence-corrected chi connectivity index (χ1v) is 6.02. The van der Waals surface area contributed by atoms with E-state index in [1.807, 2.05) is 24.3 Å². The first kappa shape index (κ1) is 13.7. The largest absolute Gasteiger partial charge is 0.480 e. The fourth-order valence-corrected chi connectivity index (χ4v) is 1.73. The van der Waals surface area contributed by atoms with Crippen molar-refractivity contribution < 1.29 is 14.7 Å². The third kappa shape index (κ3) is 4.99. The highest BCUT2D eigenvalue weighted by Gasteiger charge is 2.17. The molecule has 4 nitrogen and oxygen atoms in total. The van der Waals surface area contributed by atoms with Crippen LogP contribution in [0.2, 0.25) is 0 Å². The molecule has 1 rings (SSSR count). The lowest BCUT2D eigenvalue weighted by Crippen LogP contribution is -2.39. The third-order valence-electron chi connectivity index (χ3n) is 2.31. The van der Waals surface area contributed by atoms with E-state index in [2.05, 4.69) is 21.2 Å². The molecule has 0 aliphatic carbocycles. The Morgan fingerprint density at radius 1 is 1.35 bits per heavy atom. The molecule has 92 valence electrons. The van der Waals surface area contributed by atoms with Crippen LogP contribution in [0.1, 0.15) is 18.9 Å². The third-order valence-corrected chi connectivity index (χ3v) is 2.84. The summed E-state index contributed by atoms with van der Waals surface area (Å²) >= 11 is 3.33. The summed E-state index contributed by atoms with van der Waals surface area (Å²) in [6.07, 6.45) is 1.00. The van der Waals surface area contributed by atoms with Crippen molar-refractivity contribution in [2.24, 2.45) is 0 Å². The molecule has 0 spiro atoms. The van der Waals surface area contributed by atoms with Gasteiger partial charge in [0.2, 0.25) is 5.91 Å². The van der Waals surface area contributed by atoms with E-state index in [0.717, 1.165) is 10.0 Å². The van der Waals surface area contributed by atoms with Gasteiger partial charge in [-0.2, -0.15) is 0 Å². The second kappa shape index (κ2) is 6.39. The maximum atomic E-state index is 10.9. The van der Waals surface area contributed by atoms with E-state index < -0.39 is 12.0 Å². The Balaban J connectivity index is 2.54. The quantitative estimate of drug-likeness (QED) is 0.873. The summed E-state index contributed by atoms with van der Waals surface area (Å²) in [4.78, 5) is 21.7. The summed E-state index contributed by atoms with van der Waals surface area (Å²) in [7, 11) is 0. The number of carbonyl (C=O) groups excluding carboxylic acids is 1. The van der Waals surface area contributed by atoms with E-state index in [-0.39, 0.29) is 5.91 Å². The van der Waals surface area contributed by atoms with E-state index in [1.165, 1.54) is 6.92 Å². The first-order chi connectivity index (χ1) is 7.99. The maximum Gasteiger partial charge on any atom is 0.326 e. The van der Waals surface area contributed by atoms with Crippen LogP contribution in [0.25, 0.3) is 0 Å². The van der Waals surface area contributed by atoms with Crippen LogP contribution < -0.4 is 5.32 Å². The molecule has 5 heteroatoms. The minimum atomic E-state index is -1.00. The molecule has 1 unspecified atom stereocenters. The van der Waals surface area contributed by atoms with Crippen molar-refractivity contribution in [1.29, 1.82) is 0 Å². The number of hydrogen-bond donors (Lipinski definition) is 2. The minimum Gasteiger partial charge on any atom is -0.480 e. The predicted molar refractivity (Wildman–Crippen MR) is 67.7 cm³/mol. The molecule has 0 aliphatic rings. The van der Waals surface area contributed by atoms with Crippen molar-refractivity contribution in [3.63, 3.8) is 0 Å². The zero-order chi connectivity index (χ0) is 12.8. The van der Waals surface area contributed by atoms with Gasteiger partial charge in [-0.15, -0.1) is 0 Å². The standard InChI is InChI=1S/C12H14BrNO3/c1-8(15)14-11(12(16)17)7-4-9-2-5-10(13)6-3-9/h2-3,5-6,11H,4,7H2,1H3,(H,14,15)(H,16,17). The Bertz CT molecular complexity index is 403. The molecule has 0 radical (unpaired) electrons. The zero-order valence-electron chi connectivity index (χ0n) is 9.44. The van der Waals surface area contributed by atoms with Crippen molar-refractivity contribution >= 4 is 27.8 Å². The monoisotopic (exact) mass is 299 g/mol. The van der Waals surface area contributed by atoms with Crippen LogP contribution in [0.5, 0.6) is 0 Å². The van der Waals surface area contributed by atoms with Crippen molar-refractivity contribution in [3.05, 3.63) is 34.3 Å². The molecule has 0 bridgehead atoms. The van der Waals surface area contributed by atoms with Gasteiger partial charge in [0.05, 0.1) is 0 Å². The molecule has 2 N–H and O–H groups in total. The molecule has 1 aromatic carbocycles. The van der Waals surface area contributed by atoms with Crippen LogP contribution in [-0.4, -0.2) is 23.0 Å². The van der Waals surface area contributed by atoms with Gasteiger partial charge < -0.3 is 10.4 Å². The highest BCUT2D eigenvalue weighted by Crippen LogP contribution is 2.12. The number of aryl methyl sites for hydroxylation is 1. The van der Waals surface area contributed by atoms with Crippen molar-refractivity contribution in [3.8, 4) is 0 Å². The molecular weight excluding hydrogens is 286 g/mol. The normalized spacial score (nSPS) is 11.9. The average Bonchev–Trinajstić information content (AvgIpc) is 2.25. The number of benzene rings is 1. The highest BCUT2D eigenvalue weighted by atomic mass is 79.9. The van der Waals surface area contributed by atoms with E-state index in [4.69, 9.17) is 5.11 Å². The van der Waals surface area contributed by atoms with Crippen LogP contribution in [0, 0.1) is 0 Å². The highest BCUT2D eigenvalue weighted by molar-refractivity contribution is 9.10. The van der Waals surface area contributed by atoms with Crippen molar-refractivity contribution in [1.82, 2.24) is 5.32 Å². The number of hydrogen-bond acceptors (Lipinski definition) is 2. The van der Waals surface area contributed by atoms with Crippen molar-refractivity contribution in [2.75, 3.05) is 0 Å². The lowest BCUT2D eigenvalue weighted by atomic mass is 10.1. The summed E-state index contributed by atoms with van der Waals surface area (Å²) in [6.45, 7) is 1.32. The Morgan fingerprint density at radius 3 is 2.41 bits per heavy atom. The molecule has 1 amide bonds. The Kier molecular flexibility index (Phi) is 5.15. The number of nitrogens with one attached hydrogen (secondary N) is 1.